The van der Waals surface area contributed by atoms with E-state index < -0.39 is 0 Å². The number of aromatic nitrogens is 4. The lowest BCUT2D eigenvalue weighted by molar-refractivity contribution is 0.460. The van der Waals surface area contributed by atoms with Crippen LogP contribution in [0.2, 0.25) is 5.02 Å². The summed E-state index contributed by atoms with van der Waals surface area (Å²) in [4.78, 5) is 6.39. The summed E-state index contributed by atoms with van der Waals surface area (Å²) < 4.78 is 3.97. The molecule has 144 valence electrons. The molecule has 3 aromatic rings. The summed E-state index contributed by atoms with van der Waals surface area (Å²) in [6.45, 7) is 1.20. The molecule has 0 aliphatic carbocycles. The molecular weight excluding hydrogens is 477 g/mol. The van der Waals surface area contributed by atoms with Crippen LogP contribution in [0.3, 0.4) is 0 Å². The monoisotopic (exact) mass is 499 g/mol. The number of aryl methyl sites for hydroxylation is 1. The van der Waals surface area contributed by atoms with Crippen LogP contribution >= 0.6 is 35.6 Å². The molecule has 2 aromatic heterocycles. The standard InChI is InChI=1S/C18H22ClN7.HI/c1-20-18(25(3)12-16-9-14(19)11-24(16)2)21-10-17-23-22-13-26(17)15-7-5-4-6-8-15;/h4-9,11,13H,10,12H2,1-3H3,(H,20,21);1H. The SMILES string of the molecule is CN=C(NCc1nncn1-c1ccccc1)N(C)Cc1cc(Cl)cn1C.I. The lowest BCUT2D eigenvalue weighted by Crippen LogP contribution is -2.38. The summed E-state index contributed by atoms with van der Waals surface area (Å²) in [5.41, 5.74) is 2.13. The minimum Gasteiger partial charge on any atom is -0.351 e. The van der Waals surface area contributed by atoms with E-state index in [-0.39, 0.29) is 24.0 Å². The van der Waals surface area contributed by atoms with Crippen molar-refractivity contribution in [2.75, 3.05) is 14.1 Å². The van der Waals surface area contributed by atoms with Crippen molar-refractivity contribution >= 4 is 41.5 Å². The first kappa shape index (κ1) is 21.2. The summed E-state index contributed by atoms with van der Waals surface area (Å²) in [6.07, 6.45) is 3.61. The van der Waals surface area contributed by atoms with E-state index in [0.29, 0.717) is 13.1 Å². The molecule has 1 N–H and O–H groups in total. The summed E-state index contributed by atoms with van der Waals surface area (Å²) in [5, 5.41) is 12.3. The van der Waals surface area contributed by atoms with Crippen LogP contribution < -0.4 is 5.32 Å². The number of nitrogens with zero attached hydrogens (tertiary/aromatic N) is 6. The molecule has 2 heterocycles. The van der Waals surface area contributed by atoms with Crippen LogP contribution in [0.5, 0.6) is 0 Å². The van der Waals surface area contributed by atoms with E-state index in [1.807, 2.05) is 70.7 Å². The highest BCUT2D eigenvalue weighted by molar-refractivity contribution is 14.0. The molecule has 3 rings (SSSR count). The Morgan fingerprint density at radius 2 is 2.04 bits per heavy atom. The van der Waals surface area contributed by atoms with Crippen LogP contribution in [0.15, 0.2) is 53.9 Å². The fourth-order valence-corrected chi connectivity index (χ4v) is 3.04. The Morgan fingerprint density at radius 1 is 1.30 bits per heavy atom. The second-order valence-electron chi connectivity index (χ2n) is 5.97. The molecule has 27 heavy (non-hydrogen) atoms. The topological polar surface area (TPSA) is 63.3 Å². The van der Waals surface area contributed by atoms with Crippen molar-refractivity contribution in [2.24, 2.45) is 12.0 Å². The maximum Gasteiger partial charge on any atom is 0.194 e. The van der Waals surface area contributed by atoms with Crippen molar-refractivity contribution in [3.63, 3.8) is 0 Å². The number of benzene rings is 1. The Kier molecular flexibility index (Phi) is 7.66. The summed E-state index contributed by atoms with van der Waals surface area (Å²) in [6, 6.07) is 12.0. The van der Waals surface area contributed by atoms with Crippen LogP contribution in [-0.4, -0.2) is 44.3 Å². The zero-order valence-corrected chi connectivity index (χ0v) is 18.6. The first-order valence-corrected chi connectivity index (χ1v) is 8.63. The van der Waals surface area contributed by atoms with Crippen molar-refractivity contribution in [3.8, 4) is 5.69 Å². The van der Waals surface area contributed by atoms with Crippen molar-refractivity contribution < 1.29 is 0 Å². The third-order valence-electron chi connectivity index (χ3n) is 4.10. The van der Waals surface area contributed by atoms with E-state index in [1.54, 1.807) is 13.4 Å². The predicted molar refractivity (Wildman–Crippen MR) is 119 cm³/mol. The second-order valence-corrected chi connectivity index (χ2v) is 6.41. The van der Waals surface area contributed by atoms with Gasteiger partial charge in [-0.15, -0.1) is 34.2 Å². The number of para-hydroxylation sites is 1. The molecule has 0 fully saturated rings. The van der Waals surface area contributed by atoms with Gasteiger partial charge in [0.2, 0.25) is 0 Å². The molecular formula is C18H23ClIN7. The van der Waals surface area contributed by atoms with Crippen molar-refractivity contribution in [1.82, 2.24) is 29.5 Å². The number of rotatable bonds is 5. The van der Waals surface area contributed by atoms with Crippen LogP contribution in [-0.2, 0) is 20.1 Å². The van der Waals surface area contributed by atoms with Crippen molar-refractivity contribution in [2.45, 2.75) is 13.1 Å². The van der Waals surface area contributed by atoms with Crippen molar-refractivity contribution in [1.29, 1.82) is 0 Å². The highest BCUT2D eigenvalue weighted by Gasteiger charge is 2.12. The van der Waals surface area contributed by atoms with Gasteiger partial charge in [-0.1, -0.05) is 29.8 Å². The normalized spacial score (nSPS) is 11.2. The van der Waals surface area contributed by atoms with Gasteiger partial charge in [0, 0.05) is 38.7 Å². The zero-order valence-electron chi connectivity index (χ0n) is 15.5. The van der Waals surface area contributed by atoms with Crippen LogP contribution in [0, 0.1) is 0 Å². The molecule has 0 radical (unpaired) electrons. The van der Waals surface area contributed by atoms with Gasteiger partial charge < -0.3 is 14.8 Å². The largest absolute Gasteiger partial charge is 0.351 e. The predicted octanol–water partition coefficient (Wildman–Crippen LogP) is 3.08. The first-order chi connectivity index (χ1) is 12.6. The number of hydrogen-bond donors (Lipinski definition) is 1. The smallest absolute Gasteiger partial charge is 0.194 e. The Hall–Kier alpha value is -2.07. The average Bonchev–Trinajstić information content (AvgIpc) is 3.22. The Morgan fingerprint density at radius 3 is 2.67 bits per heavy atom. The van der Waals surface area contributed by atoms with Gasteiger partial charge in [0.15, 0.2) is 11.8 Å². The fourth-order valence-electron chi connectivity index (χ4n) is 2.77. The highest BCUT2D eigenvalue weighted by Crippen LogP contribution is 2.14. The molecule has 0 saturated carbocycles. The molecule has 0 saturated heterocycles. The molecule has 0 spiro atoms. The number of guanidine groups is 1. The van der Waals surface area contributed by atoms with Gasteiger partial charge in [-0.3, -0.25) is 9.56 Å². The van der Waals surface area contributed by atoms with Gasteiger partial charge in [-0.05, 0) is 18.2 Å². The highest BCUT2D eigenvalue weighted by atomic mass is 127. The third-order valence-corrected chi connectivity index (χ3v) is 4.31. The lowest BCUT2D eigenvalue weighted by atomic mass is 10.3. The number of aliphatic imine (C=N–C) groups is 1. The van der Waals surface area contributed by atoms with Gasteiger partial charge >= 0.3 is 0 Å². The second kappa shape index (κ2) is 9.75. The Balaban J connectivity index is 0.00000261. The van der Waals surface area contributed by atoms with E-state index in [0.717, 1.165) is 28.2 Å². The Bertz CT molecular complexity index is 888. The van der Waals surface area contributed by atoms with Gasteiger partial charge in [-0.2, -0.15) is 0 Å². The van der Waals surface area contributed by atoms with E-state index in [4.69, 9.17) is 11.6 Å². The van der Waals surface area contributed by atoms with E-state index >= 15 is 0 Å². The maximum absolute atomic E-state index is 6.06. The number of halogens is 2. The lowest BCUT2D eigenvalue weighted by Gasteiger charge is -2.22. The average molecular weight is 500 g/mol. The zero-order chi connectivity index (χ0) is 18.5. The summed E-state index contributed by atoms with van der Waals surface area (Å²) in [7, 11) is 5.73. The fraction of sp³-hybridized carbons (Fsp3) is 0.278. The summed E-state index contributed by atoms with van der Waals surface area (Å²) in [5.74, 6) is 1.58. The molecule has 0 atom stereocenters. The molecule has 9 heteroatoms. The molecule has 0 amide bonds. The third kappa shape index (κ3) is 5.23. The van der Waals surface area contributed by atoms with Gasteiger partial charge in [0.05, 0.1) is 18.1 Å². The van der Waals surface area contributed by atoms with Crippen LogP contribution in [0.1, 0.15) is 11.5 Å². The van der Waals surface area contributed by atoms with E-state index in [1.165, 1.54) is 0 Å². The molecule has 7 nitrogen and oxygen atoms in total. The molecule has 0 aliphatic heterocycles. The van der Waals surface area contributed by atoms with Gasteiger partial charge in [0.25, 0.3) is 0 Å². The number of hydrogen-bond acceptors (Lipinski definition) is 3. The molecule has 0 bridgehead atoms. The molecule has 0 aliphatic rings. The van der Waals surface area contributed by atoms with Crippen LogP contribution in [0.4, 0.5) is 0 Å². The Labute approximate surface area is 181 Å². The van der Waals surface area contributed by atoms with E-state index in [9.17, 15) is 0 Å². The van der Waals surface area contributed by atoms with Crippen LogP contribution in [0.25, 0.3) is 5.69 Å². The van der Waals surface area contributed by atoms with Gasteiger partial charge in [-0.25, -0.2) is 0 Å². The number of nitrogens with one attached hydrogen (secondary N) is 1. The van der Waals surface area contributed by atoms with Crippen molar-refractivity contribution in [3.05, 3.63) is 65.5 Å². The first-order valence-electron chi connectivity index (χ1n) is 8.25. The quantitative estimate of drug-likeness (QED) is 0.333. The van der Waals surface area contributed by atoms with E-state index in [2.05, 4.69) is 20.5 Å². The van der Waals surface area contributed by atoms with Gasteiger partial charge in [0.1, 0.15) is 6.33 Å². The summed E-state index contributed by atoms with van der Waals surface area (Å²) >= 11 is 6.06. The maximum atomic E-state index is 6.06. The molecule has 0 unspecified atom stereocenters. The molecule has 1 aromatic carbocycles. The minimum atomic E-state index is 0. The minimum absolute atomic E-state index is 0.